The molecule has 1 heterocycles. The van der Waals surface area contributed by atoms with Gasteiger partial charge in [0.25, 0.3) is 0 Å². The lowest BCUT2D eigenvalue weighted by molar-refractivity contribution is -0.121. The summed E-state index contributed by atoms with van der Waals surface area (Å²) in [6.07, 6.45) is 2.64. The van der Waals surface area contributed by atoms with E-state index < -0.39 is 0 Å². The molecule has 2 aromatic rings. The molecule has 0 spiro atoms. The van der Waals surface area contributed by atoms with Gasteiger partial charge in [0.2, 0.25) is 5.91 Å². The van der Waals surface area contributed by atoms with Crippen LogP contribution in [0.15, 0.2) is 47.1 Å². The lowest BCUT2D eigenvalue weighted by Gasteiger charge is -2.05. The number of hydrogen-bond donors (Lipinski definition) is 1. The quantitative estimate of drug-likeness (QED) is 0.760. The maximum absolute atomic E-state index is 13.4. The Hall–Kier alpha value is -1.75. The van der Waals surface area contributed by atoms with E-state index in [9.17, 15) is 9.18 Å². The third-order valence-corrected chi connectivity index (χ3v) is 3.97. The van der Waals surface area contributed by atoms with Crippen LogP contribution in [0, 0.1) is 5.82 Å². The molecule has 3 nitrogen and oxygen atoms in total. The summed E-state index contributed by atoms with van der Waals surface area (Å²) in [5, 5.41) is 2.85. The average molecular weight is 307 g/mol. The summed E-state index contributed by atoms with van der Waals surface area (Å²) in [7, 11) is 0. The largest absolute Gasteiger partial charge is 0.469 e. The molecule has 112 valence electrons. The number of nitrogens with one attached hydrogen (secondary N) is 1. The van der Waals surface area contributed by atoms with Gasteiger partial charge in [0.05, 0.1) is 6.26 Å². The Kier molecular flexibility index (Phi) is 6.34. The number of thioether (sulfide) groups is 1. The topological polar surface area (TPSA) is 42.2 Å². The number of aryl methyl sites for hydroxylation is 1. The smallest absolute Gasteiger partial charge is 0.220 e. The SMILES string of the molecule is O=C(CCc1ccco1)NCCSCc1ccccc1F. The highest BCUT2D eigenvalue weighted by atomic mass is 32.2. The third kappa shape index (κ3) is 5.63. The van der Waals surface area contributed by atoms with Crippen molar-refractivity contribution in [3.8, 4) is 0 Å². The van der Waals surface area contributed by atoms with Gasteiger partial charge in [-0.25, -0.2) is 4.39 Å². The number of furan rings is 1. The molecular weight excluding hydrogens is 289 g/mol. The normalized spacial score (nSPS) is 10.5. The number of carbonyl (C=O) groups is 1. The van der Waals surface area contributed by atoms with Gasteiger partial charge in [0.1, 0.15) is 11.6 Å². The van der Waals surface area contributed by atoms with Crippen LogP contribution in [-0.4, -0.2) is 18.2 Å². The molecule has 0 aliphatic heterocycles. The van der Waals surface area contributed by atoms with E-state index in [-0.39, 0.29) is 11.7 Å². The van der Waals surface area contributed by atoms with Crippen molar-refractivity contribution in [3.63, 3.8) is 0 Å². The highest BCUT2D eigenvalue weighted by Crippen LogP contribution is 2.14. The van der Waals surface area contributed by atoms with Crippen LogP contribution >= 0.6 is 11.8 Å². The summed E-state index contributed by atoms with van der Waals surface area (Å²) in [6, 6.07) is 10.4. The molecule has 0 atom stereocenters. The Morgan fingerprint density at radius 1 is 1.24 bits per heavy atom. The Bertz CT molecular complexity index is 557. The first-order chi connectivity index (χ1) is 10.3. The first-order valence-corrected chi connectivity index (χ1v) is 8.01. The molecule has 0 bridgehead atoms. The van der Waals surface area contributed by atoms with E-state index >= 15 is 0 Å². The highest BCUT2D eigenvalue weighted by molar-refractivity contribution is 7.98. The van der Waals surface area contributed by atoms with Gasteiger partial charge in [0, 0.05) is 30.9 Å². The molecule has 0 fully saturated rings. The fourth-order valence-corrected chi connectivity index (χ4v) is 2.68. The van der Waals surface area contributed by atoms with E-state index in [1.807, 2.05) is 18.2 Å². The molecule has 0 saturated heterocycles. The molecule has 0 radical (unpaired) electrons. The van der Waals surface area contributed by atoms with Crippen molar-refractivity contribution < 1.29 is 13.6 Å². The molecule has 1 amide bonds. The van der Waals surface area contributed by atoms with Gasteiger partial charge < -0.3 is 9.73 Å². The van der Waals surface area contributed by atoms with Crippen LogP contribution in [0.1, 0.15) is 17.7 Å². The standard InChI is InChI=1S/C16H18FNO2S/c17-15-6-2-1-4-13(15)12-21-11-9-18-16(19)8-7-14-5-3-10-20-14/h1-6,10H,7-9,11-12H2,(H,18,19). The minimum atomic E-state index is -0.174. The van der Waals surface area contributed by atoms with Gasteiger partial charge in [0.15, 0.2) is 0 Å². The van der Waals surface area contributed by atoms with Crippen LogP contribution in [0.5, 0.6) is 0 Å². The zero-order chi connectivity index (χ0) is 14.9. The fraction of sp³-hybridized carbons (Fsp3) is 0.312. The number of amides is 1. The van der Waals surface area contributed by atoms with Crippen molar-refractivity contribution in [2.24, 2.45) is 0 Å². The highest BCUT2D eigenvalue weighted by Gasteiger charge is 2.04. The molecule has 2 rings (SSSR count). The lowest BCUT2D eigenvalue weighted by atomic mass is 10.2. The van der Waals surface area contributed by atoms with E-state index in [1.165, 1.54) is 6.07 Å². The van der Waals surface area contributed by atoms with E-state index in [4.69, 9.17) is 4.42 Å². The van der Waals surface area contributed by atoms with E-state index in [0.717, 1.165) is 11.5 Å². The molecule has 5 heteroatoms. The first kappa shape index (κ1) is 15.6. The van der Waals surface area contributed by atoms with Crippen LogP contribution in [-0.2, 0) is 17.0 Å². The molecule has 0 aliphatic carbocycles. The minimum Gasteiger partial charge on any atom is -0.469 e. The number of benzene rings is 1. The summed E-state index contributed by atoms with van der Waals surface area (Å²) in [5.74, 6) is 2.04. The maximum atomic E-state index is 13.4. The summed E-state index contributed by atoms with van der Waals surface area (Å²) in [5.41, 5.74) is 0.701. The molecule has 1 aromatic carbocycles. The van der Waals surface area contributed by atoms with Gasteiger partial charge in [-0.15, -0.1) is 0 Å². The maximum Gasteiger partial charge on any atom is 0.220 e. The first-order valence-electron chi connectivity index (χ1n) is 6.86. The number of hydrogen-bond acceptors (Lipinski definition) is 3. The Morgan fingerprint density at radius 3 is 2.86 bits per heavy atom. The second-order valence-corrected chi connectivity index (χ2v) is 5.68. The summed E-state index contributed by atoms with van der Waals surface area (Å²) < 4.78 is 18.5. The predicted molar refractivity (Wildman–Crippen MR) is 82.6 cm³/mol. The van der Waals surface area contributed by atoms with Crippen LogP contribution in [0.4, 0.5) is 4.39 Å². The van der Waals surface area contributed by atoms with Gasteiger partial charge in [-0.2, -0.15) is 11.8 Å². The van der Waals surface area contributed by atoms with Crippen molar-refractivity contribution in [1.29, 1.82) is 0 Å². The van der Waals surface area contributed by atoms with Crippen molar-refractivity contribution >= 4 is 17.7 Å². The van der Waals surface area contributed by atoms with Gasteiger partial charge in [-0.1, -0.05) is 18.2 Å². The molecule has 1 aromatic heterocycles. The van der Waals surface area contributed by atoms with E-state index in [2.05, 4.69) is 5.32 Å². The molecule has 0 aliphatic rings. The van der Waals surface area contributed by atoms with Crippen molar-refractivity contribution in [2.75, 3.05) is 12.3 Å². The molecular formula is C16H18FNO2S. The monoisotopic (exact) mass is 307 g/mol. The van der Waals surface area contributed by atoms with Crippen LogP contribution in [0.25, 0.3) is 0 Å². The zero-order valence-corrected chi connectivity index (χ0v) is 12.5. The molecule has 0 saturated carbocycles. The molecule has 0 unspecified atom stereocenters. The van der Waals surface area contributed by atoms with Gasteiger partial charge in [-0.05, 0) is 23.8 Å². The number of carbonyl (C=O) groups excluding carboxylic acids is 1. The van der Waals surface area contributed by atoms with Crippen molar-refractivity contribution in [3.05, 3.63) is 59.8 Å². The van der Waals surface area contributed by atoms with Crippen molar-refractivity contribution in [2.45, 2.75) is 18.6 Å². The summed E-state index contributed by atoms with van der Waals surface area (Å²) >= 11 is 1.61. The van der Waals surface area contributed by atoms with Gasteiger partial charge >= 0.3 is 0 Å². The Labute approximate surface area is 127 Å². The van der Waals surface area contributed by atoms with Crippen LogP contribution in [0.3, 0.4) is 0 Å². The third-order valence-electron chi connectivity index (χ3n) is 2.96. The van der Waals surface area contributed by atoms with Crippen LogP contribution < -0.4 is 5.32 Å². The Balaban J connectivity index is 1.55. The zero-order valence-electron chi connectivity index (χ0n) is 11.7. The second kappa shape index (κ2) is 8.52. The summed E-state index contributed by atoms with van der Waals surface area (Å²) in [6.45, 7) is 0.593. The summed E-state index contributed by atoms with van der Waals surface area (Å²) in [4.78, 5) is 11.6. The predicted octanol–water partition coefficient (Wildman–Crippen LogP) is 3.40. The fourth-order valence-electron chi connectivity index (χ4n) is 1.84. The van der Waals surface area contributed by atoms with Gasteiger partial charge in [-0.3, -0.25) is 4.79 Å². The number of halogens is 1. The number of rotatable bonds is 8. The second-order valence-electron chi connectivity index (χ2n) is 4.57. The minimum absolute atomic E-state index is 0.0119. The molecule has 1 N–H and O–H groups in total. The molecule has 21 heavy (non-hydrogen) atoms. The van der Waals surface area contributed by atoms with E-state index in [0.29, 0.717) is 30.7 Å². The lowest BCUT2D eigenvalue weighted by Crippen LogP contribution is -2.25. The van der Waals surface area contributed by atoms with Crippen molar-refractivity contribution in [1.82, 2.24) is 5.32 Å². The Morgan fingerprint density at radius 2 is 2.10 bits per heavy atom. The van der Waals surface area contributed by atoms with E-state index in [1.54, 1.807) is 30.2 Å². The average Bonchev–Trinajstić information content (AvgIpc) is 3.00. The van der Waals surface area contributed by atoms with Crippen LogP contribution in [0.2, 0.25) is 0 Å².